The highest BCUT2D eigenvalue weighted by Gasteiger charge is 2.20. The van der Waals surface area contributed by atoms with E-state index in [1.54, 1.807) is 13.2 Å². The predicted octanol–water partition coefficient (Wildman–Crippen LogP) is 5.50. The molecule has 4 rings (SSSR count). The van der Waals surface area contributed by atoms with Gasteiger partial charge in [-0.2, -0.15) is 0 Å². The minimum absolute atomic E-state index is 0.313. The van der Waals surface area contributed by atoms with Crippen molar-refractivity contribution in [1.82, 2.24) is 10.3 Å². The molecule has 0 radical (unpaired) electrons. The van der Waals surface area contributed by atoms with E-state index >= 15 is 0 Å². The Morgan fingerprint density at radius 3 is 2.71 bits per heavy atom. The predicted molar refractivity (Wildman–Crippen MR) is 134 cm³/mol. The summed E-state index contributed by atoms with van der Waals surface area (Å²) in [4.78, 5) is 15.1. The van der Waals surface area contributed by atoms with Gasteiger partial charge < -0.3 is 24.9 Å². The number of hydrogen-bond acceptors (Lipinski definition) is 4. The number of carboxylic acid groups (broad SMARTS) is 1. The fraction of sp³-hybridized carbons (Fsp3) is 0.222. The minimum Gasteiger partial charge on any atom is -0.493 e. The Morgan fingerprint density at radius 1 is 1.12 bits per heavy atom. The first-order chi connectivity index (χ1) is 16.4. The zero-order chi connectivity index (χ0) is 24.1. The highest BCUT2D eigenvalue weighted by molar-refractivity contribution is 6.32. The molecule has 3 N–H and O–H groups in total. The number of aromatic nitrogens is 1. The highest BCUT2D eigenvalue weighted by Crippen LogP contribution is 2.37. The second-order valence-electron chi connectivity index (χ2n) is 8.22. The lowest BCUT2D eigenvalue weighted by molar-refractivity contribution is -0.139. The van der Waals surface area contributed by atoms with E-state index in [1.165, 1.54) is 0 Å². The molecule has 1 aromatic heterocycles. The summed E-state index contributed by atoms with van der Waals surface area (Å²) in [5, 5.41) is 14.3. The summed E-state index contributed by atoms with van der Waals surface area (Å²) in [5.74, 6) is 0.0462. The third-order valence-electron chi connectivity index (χ3n) is 5.70. The maximum atomic E-state index is 11.9. The minimum atomic E-state index is -0.915. The van der Waals surface area contributed by atoms with Crippen molar-refractivity contribution in [3.05, 3.63) is 94.1 Å². The number of carboxylic acids is 1. The highest BCUT2D eigenvalue weighted by atomic mass is 35.5. The number of nitrogens with one attached hydrogen (secondary N) is 2. The molecule has 0 fully saturated rings. The Balaban J connectivity index is 1.45. The average molecular weight is 479 g/mol. The van der Waals surface area contributed by atoms with Gasteiger partial charge in [0.15, 0.2) is 11.5 Å². The molecule has 4 aromatic rings. The molecule has 0 saturated carbocycles. The van der Waals surface area contributed by atoms with Crippen molar-refractivity contribution in [2.75, 3.05) is 7.11 Å². The number of para-hydroxylation sites is 1. The zero-order valence-electron chi connectivity index (χ0n) is 19.1. The molecule has 1 unspecified atom stereocenters. The van der Waals surface area contributed by atoms with Crippen LogP contribution in [0.5, 0.6) is 11.5 Å². The van der Waals surface area contributed by atoms with Crippen LogP contribution < -0.4 is 14.8 Å². The van der Waals surface area contributed by atoms with Crippen LogP contribution in [0, 0.1) is 6.92 Å². The first kappa shape index (κ1) is 23.7. The molecule has 7 heteroatoms. The molecular weight excluding hydrogens is 452 g/mol. The van der Waals surface area contributed by atoms with Gasteiger partial charge in [0.05, 0.1) is 12.1 Å². The van der Waals surface area contributed by atoms with Crippen LogP contribution in [0.1, 0.15) is 22.3 Å². The molecule has 1 heterocycles. The van der Waals surface area contributed by atoms with Crippen molar-refractivity contribution in [2.24, 2.45) is 0 Å². The van der Waals surface area contributed by atoms with Crippen molar-refractivity contribution in [2.45, 2.75) is 32.5 Å². The molecule has 34 heavy (non-hydrogen) atoms. The van der Waals surface area contributed by atoms with Gasteiger partial charge in [-0.15, -0.1) is 0 Å². The third-order valence-corrected chi connectivity index (χ3v) is 5.99. The van der Waals surface area contributed by atoms with Crippen LogP contribution in [0.25, 0.3) is 10.9 Å². The number of hydrogen-bond donors (Lipinski definition) is 3. The third kappa shape index (κ3) is 5.53. The van der Waals surface area contributed by atoms with Gasteiger partial charge in [-0.1, -0.05) is 59.6 Å². The van der Waals surface area contributed by atoms with Gasteiger partial charge in [0, 0.05) is 30.1 Å². The number of carbonyl (C=O) groups is 1. The average Bonchev–Trinajstić information content (AvgIpc) is 3.23. The molecule has 176 valence electrons. The summed E-state index contributed by atoms with van der Waals surface area (Å²) in [7, 11) is 1.56. The lowest BCUT2D eigenvalue weighted by Crippen LogP contribution is -2.38. The number of rotatable bonds is 10. The van der Waals surface area contributed by atoms with Gasteiger partial charge in [-0.25, -0.2) is 0 Å². The number of methoxy groups -OCH3 is 1. The SMILES string of the molecule is COc1cc(CNC(Cc2c[nH]c3ccccc23)C(=O)O)cc(Cl)c1OCc1cccc(C)c1. The van der Waals surface area contributed by atoms with Crippen LogP contribution in [0.15, 0.2) is 66.9 Å². The molecule has 0 aliphatic heterocycles. The fourth-order valence-corrected chi connectivity index (χ4v) is 4.27. The maximum absolute atomic E-state index is 11.9. The summed E-state index contributed by atoms with van der Waals surface area (Å²) < 4.78 is 11.5. The van der Waals surface area contributed by atoms with E-state index < -0.39 is 12.0 Å². The lowest BCUT2D eigenvalue weighted by atomic mass is 10.0. The summed E-state index contributed by atoms with van der Waals surface area (Å²) in [5.41, 5.74) is 4.92. The van der Waals surface area contributed by atoms with E-state index in [9.17, 15) is 9.90 Å². The Bertz CT molecular complexity index is 1300. The van der Waals surface area contributed by atoms with Crippen molar-refractivity contribution < 1.29 is 19.4 Å². The number of ether oxygens (including phenoxy) is 2. The van der Waals surface area contributed by atoms with Crippen LogP contribution in [0.2, 0.25) is 5.02 Å². The van der Waals surface area contributed by atoms with Crippen molar-refractivity contribution in [1.29, 1.82) is 0 Å². The number of halogens is 1. The van der Waals surface area contributed by atoms with Crippen LogP contribution in [0.4, 0.5) is 0 Å². The first-order valence-electron chi connectivity index (χ1n) is 11.0. The molecule has 1 atom stereocenters. The molecule has 0 bridgehead atoms. The van der Waals surface area contributed by atoms with Gasteiger partial charge in [0.1, 0.15) is 12.6 Å². The monoisotopic (exact) mass is 478 g/mol. The van der Waals surface area contributed by atoms with Crippen LogP contribution in [-0.2, 0) is 24.4 Å². The summed E-state index contributed by atoms with van der Waals surface area (Å²) in [6, 6.07) is 18.7. The van der Waals surface area contributed by atoms with Gasteiger partial charge >= 0.3 is 5.97 Å². The molecule has 0 saturated heterocycles. The fourth-order valence-electron chi connectivity index (χ4n) is 3.98. The lowest BCUT2D eigenvalue weighted by Gasteiger charge is -2.17. The molecule has 0 aliphatic rings. The summed E-state index contributed by atoms with van der Waals surface area (Å²) >= 11 is 6.52. The van der Waals surface area contributed by atoms with Crippen LogP contribution >= 0.6 is 11.6 Å². The van der Waals surface area contributed by atoms with E-state index in [0.717, 1.165) is 33.2 Å². The van der Waals surface area contributed by atoms with Crippen LogP contribution in [0.3, 0.4) is 0 Å². The van der Waals surface area contributed by atoms with Crippen molar-refractivity contribution >= 4 is 28.5 Å². The second kappa shape index (κ2) is 10.6. The van der Waals surface area contributed by atoms with Crippen molar-refractivity contribution in [3.63, 3.8) is 0 Å². The van der Waals surface area contributed by atoms with E-state index in [0.29, 0.717) is 36.1 Å². The van der Waals surface area contributed by atoms with E-state index in [2.05, 4.69) is 16.4 Å². The normalized spacial score (nSPS) is 12.0. The molecule has 0 amide bonds. The number of fused-ring (bicyclic) bond motifs is 1. The zero-order valence-corrected chi connectivity index (χ0v) is 19.9. The molecule has 6 nitrogen and oxygen atoms in total. The smallest absolute Gasteiger partial charge is 0.321 e. The van der Waals surface area contributed by atoms with Crippen LogP contribution in [-0.4, -0.2) is 29.2 Å². The van der Waals surface area contributed by atoms with Crippen molar-refractivity contribution in [3.8, 4) is 11.5 Å². The molecule has 3 aromatic carbocycles. The first-order valence-corrected chi connectivity index (χ1v) is 11.4. The Labute approximate surface area is 203 Å². The second-order valence-corrected chi connectivity index (χ2v) is 8.63. The van der Waals surface area contributed by atoms with Gasteiger partial charge in [-0.05, 0) is 41.8 Å². The Hall–Kier alpha value is -3.48. The standard InChI is InChI=1S/C27H27ClN2O4/c1-17-6-5-7-18(10-17)16-34-26-22(28)11-19(12-25(26)33-2)14-29-24(27(31)32)13-20-15-30-23-9-4-3-8-21(20)23/h3-12,15,24,29-30H,13-14,16H2,1-2H3,(H,31,32). The quantitative estimate of drug-likeness (QED) is 0.280. The summed E-state index contributed by atoms with van der Waals surface area (Å²) in [6.45, 7) is 2.70. The van der Waals surface area contributed by atoms with Gasteiger partial charge in [-0.3, -0.25) is 4.79 Å². The van der Waals surface area contributed by atoms with Gasteiger partial charge in [0.2, 0.25) is 0 Å². The van der Waals surface area contributed by atoms with E-state index in [4.69, 9.17) is 21.1 Å². The maximum Gasteiger partial charge on any atom is 0.321 e. The topological polar surface area (TPSA) is 83.6 Å². The van der Waals surface area contributed by atoms with Gasteiger partial charge in [0.25, 0.3) is 0 Å². The number of benzene rings is 3. The number of aromatic amines is 1. The Morgan fingerprint density at radius 2 is 1.94 bits per heavy atom. The van der Waals surface area contributed by atoms with E-state index in [-0.39, 0.29) is 0 Å². The summed E-state index contributed by atoms with van der Waals surface area (Å²) in [6.07, 6.45) is 2.21. The number of aliphatic carboxylic acids is 1. The molecule has 0 aliphatic carbocycles. The molecule has 0 spiro atoms. The Kier molecular flexibility index (Phi) is 7.40. The number of H-pyrrole nitrogens is 1. The van der Waals surface area contributed by atoms with E-state index in [1.807, 2.05) is 61.7 Å². The molecular formula is C27H27ClN2O4. The largest absolute Gasteiger partial charge is 0.493 e. The number of aryl methyl sites for hydroxylation is 1.